The molecule has 122 valence electrons. The van der Waals surface area contributed by atoms with Gasteiger partial charge in [0.1, 0.15) is 18.2 Å². The number of thioether (sulfide) groups is 1. The Balaban J connectivity index is 1.65. The highest BCUT2D eigenvalue weighted by molar-refractivity contribution is 7.99. The SMILES string of the molecule is O=C(Cn1cccn1)N1CCSC(c2cc(F)ccc2F)CC1. The number of carbonyl (C=O) groups excluding carboxylic acids is 1. The van der Waals surface area contributed by atoms with Crippen LogP contribution in [0.5, 0.6) is 0 Å². The topological polar surface area (TPSA) is 38.1 Å². The molecular formula is C16H17F2N3OS. The molecule has 4 nitrogen and oxygen atoms in total. The number of rotatable bonds is 3. The van der Waals surface area contributed by atoms with Crippen LogP contribution in [0.25, 0.3) is 0 Å². The molecule has 1 aliphatic rings. The van der Waals surface area contributed by atoms with Crippen LogP contribution in [0.2, 0.25) is 0 Å². The largest absolute Gasteiger partial charge is 0.340 e. The Bertz CT molecular complexity index is 678. The van der Waals surface area contributed by atoms with Crippen LogP contribution in [-0.2, 0) is 11.3 Å². The number of halogens is 2. The predicted octanol–water partition coefficient (Wildman–Crippen LogP) is 2.87. The van der Waals surface area contributed by atoms with Crippen LogP contribution in [0.3, 0.4) is 0 Å². The molecule has 0 N–H and O–H groups in total. The zero-order valence-corrected chi connectivity index (χ0v) is 13.3. The van der Waals surface area contributed by atoms with Gasteiger partial charge in [-0.25, -0.2) is 8.78 Å². The number of benzene rings is 1. The van der Waals surface area contributed by atoms with E-state index in [1.54, 1.807) is 39.8 Å². The fraction of sp³-hybridized carbons (Fsp3) is 0.375. The summed E-state index contributed by atoms with van der Waals surface area (Å²) in [5.41, 5.74) is 0.386. The second-order valence-electron chi connectivity index (χ2n) is 5.40. The molecule has 0 saturated carbocycles. The Hall–Kier alpha value is -1.89. The standard InChI is InChI=1S/C16H17F2N3OS/c17-12-2-3-14(18)13(10-12)15-4-7-20(8-9-23-15)16(22)11-21-6-1-5-19-21/h1-3,5-6,10,15H,4,7-9,11H2. The Morgan fingerprint density at radius 2 is 2.22 bits per heavy atom. The predicted molar refractivity (Wildman–Crippen MR) is 85.0 cm³/mol. The molecular weight excluding hydrogens is 320 g/mol. The van der Waals surface area contributed by atoms with Crippen molar-refractivity contribution in [3.8, 4) is 0 Å². The molecule has 7 heteroatoms. The second kappa shape index (κ2) is 7.12. The Kier molecular flexibility index (Phi) is 4.95. The zero-order chi connectivity index (χ0) is 16.2. The summed E-state index contributed by atoms with van der Waals surface area (Å²) in [6.07, 6.45) is 3.99. The molecule has 0 spiro atoms. The summed E-state index contributed by atoms with van der Waals surface area (Å²) in [5, 5.41) is 3.90. The van der Waals surface area contributed by atoms with Crippen molar-refractivity contribution in [2.24, 2.45) is 0 Å². The summed E-state index contributed by atoms with van der Waals surface area (Å²) < 4.78 is 28.9. The molecule has 1 unspecified atom stereocenters. The summed E-state index contributed by atoms with van der Waals surface area (Å²) in [6, 6.07) is 5.32. The van der Waals surface area contributed by atoms with Crippen molar-refractivity contribution >= 4 is 17.7 Å². The molecule has 1 aromatic carbocycles. The average molecular weight is 337 g/mol. The number of hydrogen-bond donors (Lipinski definition) is 0. The maximum absolute atomic E-state index is 13.9. The number of carbonyl (C=O) groups is 1. The molecule has 1 atom stereocenters. The molecule has 0 radical (unpaired) electrons. The summed E-state index contributed by atoms with van der Waals surface area (Å²) in [7, 11) is 0. The average Bonchev–Trinajstić information content (AvgIpc) is 2.91. The van der Waals surface area contributed by atoms with E-state index in [-0.39, 0.29) is 23.5 Å². The van der Waals surface area contributed by atoms with Crippen molar-refractivity contribution in [2.45, 2.75) is 18.2 Å². The van der Waals surface area contributed by atoms with Crippen LogP contribution in [-0.4, -0.2) is 39.4 Å². The molecule has 0 bridgehead atoms. The summed E-state index contributed by atoms with van der Waals surface area (Å²) in [4.78, 5) is 14.1. The number of nitrogens with zero attached hydrogens (tertiary/aromatic N) is 3. The van der Waals surface area contributed by atoms with E-state index < -0.39 is 5.82 Å². The minimum atomic E-state index is -0.433. The van der Waals surface area contributed by atoms with E-state index in [1.165, 1.54) is 6.07 Å². The lowest BCUT2D eigenvalue weighted by Gasteiger charge is -2.20. The van der Waals surface area contributed by atoms with Gasteiger partial charge < -0.3 is 4.90 Å². The van der Waals surface area contributed by atoms with Gasteiger partial charge in [0.05, 0.1) is 0 Å². The van der Waals surface area contributed by atoms with Crippen molar-refractivity contribution < 1.29 is 13.6 Å². The third kappa shape index (κ3) is 3.90. The van der Waals surface area contributed by atoms with Gasteiger partial charge in [0.2, 0.25) is 5.91 Å². The van der Waals surface area contributed by atoms with Crippen LogP contribution in [0.15, 0.2) is 36.7 Å². The summed E-state index contributed by atoms with van der Waals surface area (Å²) in [5.74, 6) is -0.126. The van der Waals surface area contributed by atoms with Crippen LogP contribution in [0.1, 0.15) is 17.2 Å². The van der Waals surface area contributed by atoms with Crippen molar-refractivity contribution in [1.82, 2.24) is 14.7 Å². The second-order valence-corrected chi connectivity index (χ2v) is 6.71. The molecule has 2 aromatic rings. The maximum Gasteiger partial charge on any atom is 0.244 e. The van der Waals surface area contributed by atoms with Gasteiger partial charge in [0.25, 0.3) is 0 Å². The highest BCUT2D eigenvalue weighted by Gasteiger charge is 2.24. The first kappa shape index (κ1) is 16.0. The lowest BCUT2D eigenvalue weighted by molar-refractivity contribution is -0.131. The smallest absolute Gasteiger partial charge is 0.244 e. The Morgan fingerprint density at radius 1 is 1.35 bits per heavy atom. The van der Waals surface area contributed by atoms with Gasteiger partial charge in [0.15, 0.2) is 0 Å². The van der Waals surface area contributed by atoms with Gasteiger partial charge in [-0.3, -0.25) is 9.48 Å². The summed E-state index contributed by atoms with van der Waals surface area (Å²) in [6.45, 7) is 1.35. The van der Waals surface area contributed by atoms with Gasteiger partial charge in [0, 0.05) is 42.0 Å². The molecule has 1 saturated heterocycles. The lowest BCUT2D eigenvalue weighted by Crippen LogP contribution is -2.35. The first-order chi connectivity index (χ1) is 11.1. The summed E-state index contributed by atoms with van der Waals surface area (Å²) >= 11 is 1.57. The number of amides is 1. The quantitative estimate of drug-likeness (QED) is 0.864. The number of aromatic nitrogens is 2. The van der Waals surface area contributed by atoms with Gasteiger partial charge in [-0.1, -0.05) is 0 Å². The van der Waals surface area contributed by atoms with Gasteiger partial charge >= 0.3 is 0 Å². The zero-order valence-electron chi connectivity index (χ0n) is 12.5. The van der Waals surface area contributed by atoms with Crippen molar-refractivity contribution in [3.63, 3.8) is 0 Å². The number of hydrogen-bond acceptors (Lipinski definition) is 3. The third-order valence-electron chi connectivity index (χ3n) is 3.86. The molecule has 23 heavy (non-hydrogen) atoms. The monoisotopic (exact) mass is 337 g/mol. The van der Waals surface area contributed by atoms with E-state index in [1.807, 2.05) is 0 Å². The molecule has 3 rings (SSSR count). The van der Waals surface area contributed by atoms with E-state index in [9.17, 15) is 13.6 Å². The van der Waals surface area contributed by atoms with E-state index in [0.717, 1.165) is 12.1 Å². The van der Waals surface area contributed by atoms with E-state index in [2.05, 4.69) is 5.10 Å². The third-order valence-corrected chi connectivity index (χ3v) is 5.17. The van der Waals surface area contributed by atoms with Gasteiger partial charge in [-0.15, -0.1) is 0 Å². The van der Waals surface area contributed by atoms with Crippen LogP contribution >= 0.6 is 11.8 Å². The van der Waals surface area contributed by atoms with E-state index in [4.69, 9.17) is 0 Å². The molecule has 0 aliphatic carbocycles. The molecule has 1 aliphatic heterocycles. The van der Waals surface area contributed by atoms with E-state index >= 15 is 0 Å². The first-order valence-electron chi connectivity index (χ1n) is 7.45. The molecule has 1 aromatic heterocycles. The Labute approximate surface area is 137 Å². The molecule has 1 amide bonds. The van der Waals surface area contributed by atoms with Gasteiger partial charge in [-0.05, 0) is 30.7 Å². The van der Waals surface area contributed by atoms with Crippen molar-refractivity contribution in [3.05, 3.63) is 53.9 Å². The minimum Gasteiger partial charge on any atom is -0.340 e. The van der Waals surface area contributed by atoms with Crippen LogP contribution in [0, 0.1) is 11.6 Å². The highest BCUT2D eigenvalue weighted by Crippen LogP contribution is 2.36. The lowest BCUT2D eigenvalue weighted by atomic mass is 10.1. The van der Waals surface area contributed by atoms with Crippen LogP contribution < -0.4 is 0 Å². The minimum absolute atomic E-state index is 0.00494. The highest BCUT2D eigenvalue weighted by atomic mass is 32.2. The van der Waals surface area contributed by atoms with E-state index in [0.29, 0.717) is 30.8 Å². The van der Waals surface area contributed by atoms with Gasteiger partial charge in [-0.2, -0.15) is 16.9 Å². The van der Waals surface area contributed by atoms with Crippen molar-refractivity contribution in [1.29, 1.82) is 0 Å². The van der Waals surface area contributed by atoms with Crippen molar-refractivity contribution in [2.75, 3.05) is 18.8 Å². The maximum atomic E-state index is 13.9. The Morgan fingerprint density at radius 3 is 3.00 bits per heavy atom. The molecule has 1 fully saturated rings. The van der Waals surface area contributed by atoms with Crippen LogP contribution in [0.4, 0.5) is 8.78 Å². The molecule has 2 heterocycles. The fourth-order valence-corrected chi connectivity index (χ4v) is 3.90. The fourth-order valence-electron chi connectivity index (χ4n) is 2.66. The normalized spacial score (nSPS) is 18.7. The first-order valence-corrected chi connectivity index (χ1v) is 8.50.